The van der Waals surface area contributed by atoms with Gasteiger partial charge in [-0.1, -0.05) is 18.2 Å². The average molecular weight is 358 g/mol. The van der Waals surface area contributed by atoms with Crippen molar-refractivity contribution in [3.63, 3.8) is 0 Å². The fourth-order valence-corrected chi connectivity index (χ4v) is 3.70. The van der Waals surface area contributed by atoms with Crippen molar-refractivity contribution in [3.05, 3.63) is 64.2 Å². The molecule has 0 aliphatic carbocycles. The van der Waals surface area contributed by atoms with Gasteiger partial charge in [0.1, 0.15) is 4.90 Å². The third-order valence-corrected chi connectivity index (χ3v) is 5.22. The molecule has 0 radical (unpaired) electrons. The third kappa shape index (κ3) is 3.75. The highest BCUT2D eigenvalue weighted by Crippen LogP contribution is 2.21. The van der Waals surface area contributed by atoms with Crippen LogP contribution in [-0.4, -0.2) is 29.7 Å². The van der Waals surface area contributed by atoms with E-state index >= 15 is 0 Å². The molecule has 1 N–H and O–H groups in total. The predicted octanol–water partition coefficient (Wildman–Crippen LogP) is 1.39. The topological polar surface area (TPSA) is 94.0 Å². The summed E-state index contributed by atoms with van der Waals surface area (Å²) in [6.07, 6.45) is 0. The Kier molecular flexibility index (Phi) is 4.65. The molecule has 25 heavy (non-hydrogen) atoms. The Morgan fingerprint density at radius 1 is 1.04 bits per heavy atom. The van der Waals surface area contributed by atoms with Crippen LogP contribution >= 0.6 is 0 Å². The average Bonchev–Trinajstić information content (AvgIpc) is 2.57. The molecule has 0 saturated heterocycles. The van der Waals surface area contributed by atoms with E-state index in [0.717, 1.165) is 11.1 Å². The van der Waals surface area contributed by atoms with Gasteiger partial charge in [-0.15, -0.1) is 0 Å². The van der Waals surface area contributed by atoms with Gasteiger partial charge in [-0.2, -0.15) is 5.10 Å². The van der Waals surface area contributed by atoms with Crippen molar-refractivity contribution in [2.45, 2.75) is 25.3 Å². The minimum absolute atomic E-state index is 0.0564. The van der Waals surface area contributed by atoms with Crippen LogP contribution in [0.4, 0.5) is 0 Å². The lowest BCUT2D eigenvalue weighted by atomic mass is 10.2. The van der Waals surface area contributed by atoms with E-state index in [1.54, 1.807) is 19.1 Å². The van der Waals surface area contributed by atoms with Crippen LogP contribution < -0.4 is 10.3 Å². The molecule has 7 nitrogen and oxygen atoms in total. The number of nitrogens with zero attached hydrogens (tertiary/aromatic N) is 3. The number of benzene rings is 1. The number of hydrogen-bond acceptors (Lipinski definition) is 5. The van der Waals surface area contributed by atoms with Gasteiger partial charge in [0, 0.05) is 23.7 Å². The molecule has 1 aromatic carbocycles. The SMILES string of the molecule is Cc1ccc2cccc(S(=O)(=O)NCCn3nc(C)ccc3=O)c2n1. The van der Waals surface area contributed by atoms with Gasteiger partial charge in [-0.25, -0.2) is 17.8 Å². The summed E-state index contributed by atoms with van der Waals surface area (Å²) in [5, 5.41) is 4.84. The molecular weight excluding hydrogens is 340 g/mol. The monoisotopic (exact) mass is 358 g/mol. The molecule has 0 unspecified atom stereocenters. The van der Waals surface area contributed by atoms with Gasteiger partial charge in [-0.3, -0.25) is 9.78 Å². The molecule has 2 aromatic heterocycles. The Hall–Kier alpha value is -2.58. The first kappa shape index (κ1) is 17.2. The molecule has 3 aromatic rings. The fraction of sp³-hybridized carbons (Fsp3) is 0.235. The smallest absolute Gasteiger partial charge is 0.266 e. The van der Waals surface area contributed by atoms with Crippen molar-refractivity contribution in [2.24, 2.45) is 0 Å². The maximum atomic E-state index is 12.6. The highest BCUT2D eigenvalue weighted by Gasteiger charge is 2.18. The molecule has 0 spiro atoms. The summed E-state index contributed by atoms with van der Waals surface area (Å²) in [7, 11) is -3.75. The zero-order chi connectivity index (χ0) is 18.0. The Morgan fingerprint density at radius 3 is 2.60 bits per heavy atom. The molecule has 0 bridgehead atoms. The fourth-order valence-electron chi connectivity index (χ4n) is 2.51. The standard InChI is InChI=1S/C17H18N4O3S/c1-12-6-8-14-4-3-5-15(17(14)19-12)25(23,24)18-10-11-21-16(22)9-7-13(2)20-21/h3-9,18H,10-11H2,1-2H3. The molecule has 0 aliphatic heterocycles. The Balaban J connectivity index is 1.84. The minimum Gasteiger partial charge on any atom is -0.268 e. The number of aryl methyl sites for hydroxylation is 2. The number of rotatable bonds is 5. The van der Waals surface area contributed by atoms with E-state index in [9.17, 15) is 13.2 Å². The molecule has 0 saturated carbocycles. The lowest BCUT2D eigenvalue weighted by Crippen LogP contribution is -2.32. The summed E-state index contributed by atoms with van der Waals surface area (Å²) in [6.45, 7) is 3.79. The van der Waals surface area contributed by atoms with E-state index in [4.69, 9.17) is 0 Å². The van der Waals surface area contributed by atoms with Gasteiger partial charge in [0.25, 0.3) is 5.56 Å². The van der Waals surface area contributed by atoms with Crippen LogP contribution in [0.3, 0.4) is 0 Å². The van der Waals surface area contributed by atoms with Crippen LogP contribution in [-0.2, 0) is 16.6 Å². The van der Waals surface area contributed by atoms with Crippen molar-refractivity contribution in [2.75, 3.05) is 6.54 Å². The number of para-hydroxylation sites is 1. The number of hydrogen-bond donors (Lipinski definition) is 1. The second-order valence-corrected chi connectivity index (χ2v) is 7.45. The van der Waals surface area contributed by atoms with Crippen LogP contribution in [0, 0.1) is 13.8 Å². The molecule has 0 fully saturated rings. The zero-order valence-electron chi connectivity index (χ0n) is 13.9. The normalized spacial score (nSPS) is 11.8. The van der Waals surface area contributed by atoms with Crippen LogP contribution in [0.25, 0.3) is 10.9 Å². The van der Waals surface area contributed by atoms with Crippen molar-refractivity contribution in [1.29, 1.82) is 0 Å². The van der Waals surface area contributed by atoms with Crippen LogP contribution in [0.15, 0.2) is 52.2 Å². The van der Waals surface area contributed by atoms with Crippen molar-refractivity contribution in [3.8, 4) is 0 Å². The summed E-state index contributed by atoms with van der Waals surface area (Å²) in [5.41, 5.74) is 1.59. The molecular formula is C17H18N4O3S. The summed E-state index contributed by atoms with van der Waals surface area (Å²) in [6, 6.07) is 11.7. The Bertz CT molecular complexity index is 1090. The number of aromatic nitrogens is 3. The molecule has 0 aliphatic rings. The van der Waals surface area contributed by atoms with E-state index < -0.39 is 10.0 Å². The number of pyridine rings is 1. The lowest BCUT2D eigenvalue weighted by molar-refractivity contribution is 0.544. The van der Waals surface area contributed by atoms with Gasteiger partial charge in [0.2, 0.25) is 10.0 Å². The molecule has 8 heteroatoms. The summed E-state index contributed by atoms with van der Waals surface area (Å²) in [5.74, 6) is 0. The molecule has 3 rings (SSSR count). The Labute approximate surface area is 145 Å². The van der Waals surface area contributed by atoms with Crippen molar-refractivity contribution < 1.29 is 8.42 Å². The quantitative estimate of drug-likeness (QED) is 0.744. The zero-order valence-corrected chi connectivity index (χ0v) is 14.7. The van der Waals surface area contributed by atoms with Crippen molar-refractivity contribution >= 4 is 20.9 Å². The number of nitrogens with one attached hydrogen (secondary N) is 1. The third-order valence-electron chi connectivity index (χ3n) is 3.73. The van der Waals surface area contributed by atoms with Crippen LogP contribution in [0.2, 0.25) is 0 Å². The highest BCUT2D eigenvalue weighted by molar-refractivity contribution is 7.89. The predicted molar refractivity (Wildman–Crippen MR) is 94.9 cm³/mol. The second kappa shape index (κ2) is 6.73. The van der Waals surface area contributed by atoms with Gasteiger partial charge < -0.3 is 0 Å². The maximum Gasteiger partial charge on any atom is 0.266 e. The largest absolute Gasteiger partial charge is 0.268 e. The first-order valence-electron chi connectivity index (χ1n) is 7.78. The second-order valence-electron chi connectivity index (χ2n) is 5.71. The van der Waals surface area contributed by atoms with E-state index in [1.807, 2.05) is 25.1 Å². The first-order valence-corrected chi connectivity index (χ1v) is 9.26. The molecule has 0 atom stereocenters. The van der Waals surface area contributed by atoms with E-state index in [1.165, 1.54) is 16.8 Å². The van der Waals surface area contributed by atoms with Crippen LogP contribution in [0.5, 0.6) is 0 Å². The molecule has 130 valence electrons. The van der Waals surface area contributed by atoms with Crippen LogP contribution in [0.1, 0.15) is 11.4 Å². The van der Waals surface area contributed by atoms with E-state index in [0.29, 0.717) is 11.2 Å². The summed E-state index contributed by atoms with van der Waals surface area (Å²) in [4.78, 5) is 16.2. The Morgan fingerprint density at radius 2 is 1.80 bits per heavy atom. The van der Waals surface area contributed by atoms with Crippen molar-refractivity contribution in [1.82, 2.24) is 19.5 Å². The highest BCUT2D eigenvalue weighted by atomic mass is 32.2. The maximum absolute atomic E-state index is 12.6. The summed E-state index contributed by atoms with van der Waals surface area (Å²) >= 11 is 0. The lowest BCUT2D eigenvalue weighted by Gasteiger charge is -2.10. The molecule has 0 amide bonds. The van der Waals surface area contributed by atoms with E-state index in [2.05, 4.69) is 14.8 Å². The summed E-state index contributed by atoms with van der Waals surface area (Å²) < 4.78 is 29.0. The van der Waals surface area contributed by atoms with E-state index in [-0.39, 0.29) is 23.5 Å². The van der Waals surface area contributed by atoms with Gasteiger partial charge in [0.15, 0.2) is 0 Å². The van der Waals surface area contributed by atoms with Gasteiger partial charge in [-0.05, 0) is 32.0 Å². The first-order chi connectivity index (χ1) is 11.9. The minimum atomic E-state index is -3.75. The number of sulfonamides is 1. The van der Waals surface area contributed by atoms with Gasteiger partial charge in [0.05, 0.1) is 17.8 Å². The number of fused-ring (bicyclic) bond motifs is 1. The molecule has 2 heterocycles. The van der Waals surface area contributed by atoms with Gasteiger partial charge >= 0.3 is 0 Å².